The number of nitrogens with zero attached hydrogens (tertiary/aromatic N) is 1. The van der Waals surface area contributed by atoms with E-state index >= 15 is 0 Å². The number of rotatable bonds is 1. The maximum atomic E-state index is 6.31. The van der Waals surface area contributed by atoms with Gasteiger partial charge in [-0.2, -0.15) is 0 Å². The summed E-state index contributed by atoms with van der Waals surface area (Å²) >= 11 is 0. The lowest BCUT2D eigenvalue weighted by Gasteiger charge is -2.45. The van der Waals surface area contributed by atoms with Gasteiger partial charge in [-0.05, 0) is 32.4 Å². The van der Waals surface area contributed by atoms with Crippen LogP contribution in [0, 0.1) is 0 Å². The van der Waals surface area contributed by atoms with E-state index in [2.05, 4.69) is 4.90 Å². The molecule has 2 heterocycles. The van der Waals surface area contributed by atoms with Crippen molar-refractivity contribution in [3.05, 3.63) is 0 Å². The Hall–Kier alpha value is -0.160. The van der Waals surface area contributed by atoms with Gasteiger partial charge < -0.3 is 15.2 Å². The lowest BCUT2D eigenvalue weighted by molar-refractivity contribution is -0.192. The zero-order valence-electron chi connectivity index (χ0n) is 10.6. The minimum atomic E-state index is -0.294. The Morgan fingerprint density at radius 1 is 1.06 bits per heavy atom. The first-order valence-corrected chi connectivity index (χ1v) is 7.07. The highest BCUT2D eigenvalue weighted by molar-refractivity contribution is 4.95. The highest BCUT2D eigenvalue weighted by atomic mass is 16.7. The molecule has 17 heavy (non-hydrogen) atoms. The first-order chi connectivity index (χ1) is 8.29. The summed E-state index contributed by atoms with van der Waals surface area (Å²) in [4.78, 5) is 2.57. The van der Waals surface area contributed by atoms with Crippen LogP contribution in [0.25, 0.3) is 0 Å². The van der Waals surface area contributed by atoms with Gasteiger partial charge >= 0.3 is 0 Å². The molecule has 0 radical (unpaired) electrons. The smallest absolute Gasteiger partial charge is 0.170 e. The molecule has 0 aromatic heterocycles. The largest absolute Gasteiger partial charge is 0.347 e. The van der Waals surface area contributed by atoms with E-state index in [1.165, 1.54) is 32.4 Å². The average Bonchev–Trinajstić information content (AvgIpc) is 2.82. The predicted octanol–water partition coefficient (Wildman–Crippen LogP) is 1.10. The van der Waals surface area contributed by atoms with Crippen molar-refractivity contribution in [2.24, 2.45) is 5.73 Å². The summed E-state index contributed by atoms with van der Waals surface area (Å²) in [7, 11) is 0. The fourth-order valence-electron chi connectivity index (χ4n) is 3.56. The Balaban J connectivity index is 1.68. The summed E-state index contributed by atoms with van der Waals surface area (Å²) in [5, 5.41) is 0. The zero-order chi connectivity index (χ0) is 11.7. The molecule has 4 nitrogen and oxygen atoms in total. The van der Waals surface area contributed by atoms with Crippen molar-refractivity contribution >= 4 is 0 Å². The number of hydrogen-bond acceptors (Lipinski definition) is 4. The molecule has 98 valence electrons. The second-order valence-corrected chi connectivity index (χ2v) is 5.68. The van der Waals surface area contributed by atoms with Gasteiger partial charge in [-0.1, -0.05) is 6.42 Å². The molecule has 1 aliphatic carbocycles. The van der Waals surface area contributed by atoms with Gasteiger partial charge in [-0.25, -0.2) is 0 Å². The molecule has 2 atom stereocenters. The van der Waals surface area contributed by atoms with Gasteiger partial charge in [-0.3, -0.25) is 4.90 Å². The van der Waals surface area contributed by atoms with E-state index < -0.39 is 0 Å². The Bertz CT molecular complexity index is 260. The summed E-state index contributed by atoms with van der Waals surface area (Å²) < 4.78 is 11.7. The SMILES string of the molecule is NC1CCC2(CC1N1CCCCC1)OCCO2. The fourth-order valence-corrected chi connectivity index (χ4v) is 3.56. The van der Waals surface area contributed by atoms with Crippen LogP contribution in [0.15, 0.2) is 0 Å². The van der Waals surface area contributed by atoms with Gasteiger partial charge in [0, 0.05) is 24.9 Å². The van der Waals surface area contributed by atoms with Crippen LogP contribution < -0.4 is 5.73 Å². The van der Waals surface area contributed by atoms with Crippen molar-refractivity contribution in [2.45, 2.75) is 56.4 Å². The molecule has 1 saturated carbocycles. The quantitative estimate of drug-likeness (QED) is 0.745. The van der Waals surface area contributed by atoms with Crippen molar-refractivity contribution in [3.8, 4) is 0 Å². The number of piperidine rings is 1. The lowest BCUT2D eigenvalue weighted by Crippen LogP contribution is -2.57. The molecule has 0 aromatic carbocycles. The molecule has 0 amide bonds. The van der Waals surface area contributed by atoms with Crippen molar-refractivity contribution in [1.29, 1.82) is 0 Å². The number of ether oxygens (including phenoxy) is 2. The monoisotopic (exact) mass is 240 g/mol. The van der Waals surface area contributed by atoms with Crippen LogP contribution in [0.5, 0.6) is 0 Å². The van der Waals surface area contributed by atoms with E-state index in [1.807, 2.05) is 0 Å². The van der Waals surface area contributed by atoms with Crippen LogP contribution in [-0.4, -0.2) is 49.1 Å². The normalized spacial score (nSPS) is 38.6. The molecule has 2 unspecified atom stereocenters. The van der Waals surface area contributed by atoms with Crippen LogP contribution in [0.4, 0.5) is 0 Å². The molecular formula is C13H24N2O2. The van der Waals surface area contributed by atoms with Crippen molar-refractivity contribution in [1.82, 2.24) is 4.90 Å². The van der Waals surface area contributed by atoms with Gasteiger partial charge in [-0.15, -0.1) is 0 Å². The van der Waals surface area contributed by atoms with E-state index in [-0.39, 0.29) is 5.79 Å². The van der Waals surface area contributed by atoms with E-state index in [4.69, 9.17) is 15.2 Å². The third-order valence-electron chi connectivity index (χ3n) is 4.55. The molecule has 4 heteroatoms. The highest BCUT2D eigenvalue weighted by Crippen LogP contribution is 2.37. The number of hydrogen-bond donors (Lipinski definition) is 1. The van der Waals surface area contributed by atoms with Crippen molar-refractivity contribution < 1.29 is 9.47 Å². The van der Waals surface area contributed by atoms with Gasteiger partial charge in [0.25, 0.3) is 0 Å². The van der Waals surface area contributed by atoms with Crippen LogP contribution >= 0.6 is 0 Å². The minimum Gasteiger partial charge on any atom is -0.347 e. The third-order valence-corrected chi connectivity index (χ3v) is 4.55. The highest BCUT2D eigenvalue weighted by Gasteiger charge is 2.45. The van der Waals surface area contributed by atoms with Gasteiger partial charge in [0.2, 0.25) is 0 Å². The van der Waals surface area contributed by atoms with Crippen molar-refractivity contribution in [3.63, 3.8) is 0 Å². The molecule has 2 N–H and O–H groups in total. The summed E-state index contributed by atoms with van der Waals surface area (Å²) in [5.74, 6) is -0.294. The molecule has 2 saturated heterocycles. The summed E-state index contributed by atoms with van der Waals surface area (Å²) in [6, 6.07) is 0.758. The van der Waals surface area contributed by atoms with Crippen molar-refractivity contribution in [2.75, 3.05) is 26.3 Å². The van der Waals surface area contributed by atoms with Crippen LogP contribution in [0.2, 0.25) is 0 Å². The maximum absolute atomic E-state index is 6.31. The molecule has 1 spiro atoms. The minimum absolute atomic E-state index is 0.294. The summed E-state index contributed by atoms with van der Waals surface area (Å²) in [6.45, 7) is 3.91. The van der Waals surface area contributed by atoms with Gasteiger partial charge in [0.15, 0.2) is 5.79 Å². The first kappa shape index (κ1) is 11.9. The second-order valence-electron chi connectivity index (χ2n) is 5.68. The molecule has 3 rings (SSSR count). The third kappa shape index (κ3) is 2.36. The predicted molar refractivity (Wildman–Crippen MR) is 65.7 cm³/mol. The Morgan fingerprint density at radius 3 is 2.47 bits per heavy atom. The summed E-state index contributed by atoms with van der Waals surface area (Å²) in [6.07, 6.45) is 6.97. The van der Waals surface area contributed by atoms with Crippen LogP contribution in [0.1, 0.15) is 38.5 Å². The van der Waals surface area contributed by atoms with E-state index in [9.17, 15) is 0 Å². The van der Waals surface area contributed by atoms with E-state index in [0.717, 1.165) is 32.5 Å². The summed E-state index contributed by atoms with van der Waals surface area (Å²) in [5.41, 5.74) is 6.31. The standard InChI is InChI=1S/C13H24N2O2/c14-11-4-5-13(16-8-9-17-13)10-12(11)15-6-2-1-3-7-15/h11-12H,1-10,14H2. The Morgan fingerprint density at radius 2 is 1.76 bits per heavy atom. The molecule has 3 fully saturated rings. The van der Waals surface area contributed by atoms with Crippen LogP contribution in [-0.2, 0) is 9.47 Å². The molecule has 0 aromatic rings. The van der Waals surface area contributed by atoms with E-state index in [0.29, 0.717) is 12.1 Å². The Kier molecular flexibility index (Phi) is 3.39. The zero-order valence-corrected chi connectivity index (χ0v) is 10.6. The number of likely N-dealkylation sites (tertiary alicyclic amines) is 1. The average molecular weight is 240 g/mol. The Labute approximate surface area is 103 Å². The first-order valence-electron chi connectivity index (χ1n) is 7.07. The van der Waals surface area contributed by atoms with Crippen LogP contribution in [0.3, 0.4) is 0 Å². The van der Waals surface area contributed by atoms with Gasteiger partial charge in [0.05, 0.1) is 13.2 Å². The molecule has 0 bridgehead atoms. The fraction of sp³-hybridized carbons (Fsp3) is 1.00. The maximum Gasteiger partial charge on any atom is 0.170 e. The van der Waals surface area contributed by atoms with E-state index in [1.54, 1.807) is 0 Å². The lowest BCUT2D eigenvalue weighted by atomic mass is 9.84. The topological polar surface area (TPSA) is 47.7 Å². The second kappa shape index (κ2) is 4.84. The molecular weight excluding hydrogens is 216 g/mol. The van der Waals surface area contributed by atoms with Gasteiger partial charge in [0.1, 0.15) is 0 Å². The molecule has 3 aliphatic rings. The molecule has 2 aliphatic heterocycles. The number of nitrogens with two attached hydrogens (primary N) is 1.